The highest BCUT2D eigenvalue weighted by atomic mass is 16.6. The smallest absolute Gasteiger partial charge is 0.269 e. The van der Waals surface area contributed by atoms with Gasteiger partial charge >= 0.3 is 0 Å². The van der Waals surface area contributed by atoms with Crippen molar-refractivity contribution in [2.75, 3.05) is 26.7 Å². The molecule has 0 aliphatic rings. The van der Waals surface area contributed by atoms with Gasteiger partial charge in [0.05, 0.1) is 11.5 Å². The Kier molecular flexibility index (Phi) is 11.9. The van der Waals surface area contributed by atoms with Gasteiger partial charge in [0.25, 0.3) is 11.6 Å². The normalized spacial score (nSPS) is 11.5. The van der Waals surface area contributed by atoms with E-state index in [0.29, 0.717) is 30.9 Å². The molecule has 0 saturated heterocycles. The van der Waals surface area contributed by atoms with Gasteiger partial charge in [-0.25, -0.2) is 0 Å². The van der Waals surface area contributed by atoms with E-state index in [9.17, 15) is 19.7 Å². The van der Waals surface area contributed by atoms with E-state index in [-0.39, 0.29) is 17.5 Å². The highest BCUT2D eigenvalue weighted by Gasteiger charge is 2.21. The van der Waals surface area contributed by atoms with E-state index >= 15 is 0 Å². The van der Waals surface area contributed by atoms with Crippen LogP contribution in [0.25, 0.3) is 0 Å². The Hall–Kier alpha value is -4.24. The quantitative estimate of drug-likeness (QED) is 0.159. The first-order chi connectivity index (χ1) is 18.9. The van der Waals surface area contributed by atoms with Gasteiger partial charge in [0.1, 0.15) is 11.8 Å². The summed E-state index contributed by atoms with van der Waals surface area (Å²) in [7, 11) is 2.03. The number of non-ortho nitro benzene ring substituents is 1. The number of hydrogen-bond donors (Lipinski definition) is 2. The summed E-state index contributed by atoms with van der Waals surface area (Å²) in [6.45, 7) is 2.60. The molecule has 0 aromatic heterocycles. The zero-order valence-corrected chi connectivity index (χ0v) is 22.3. The van der Waals surface area contributed by atoms with Crippen molar-refractivity contribution >= 4 is 17.5 Å². The first-order valence-corrected chi connectivity index (χ1v) is 13.2. The van der Waals surface area contributed by atoms with E-state index < -0.39 is 11.0 Å². The molecule has 0 saturated carbocycles. The Morgan fingerprint density at radius 3 is 2.21 bits per heavy atom. The number of carbonyl (C=O) groups is 2. The highest BCUT2D eigenvalue weighted by molar-refractivity contribution is 5.97. The second-order valence-corrected chi connectivity index (χ2v) is 9.35. The topological polar surface area (TPSA) is 114 Å². The summed E-state index contributed by atoms with van der Waals surface area (Å²) in [6.07, 6.45) is 3.01. The third kappa shape index (κ3) is 10.6. The molecule has 1 atom stereocenters. The SMILES string of the molecule is CN(CCCC[C@H](NC(=O)c1ccccc1)C(=O)NCc1ccccc1)CCCOc1ccc([N+](=O)[O-])cc1. The molecule has 3 aromatic rings. The van der Waals surface area contributed by atoms with Crippen LogP contribution in [0.1, 0.15) is 41.6 Å². The molecule has 3 aromatic carbocycles. The van der Waals surface area contributed by atoms with Gasteiger partial charge in [-0.2, -0.15) is 0 Å². The molecule has 9 heteroatoms. The molecule has 0 heterocycles. The Balaban J connectivity index is 1.40. The minimum absolute atomic E-state index is 0.0395. The van der Waals surface area contributed by atoms with Crippen molar-refractivity contribution in [3.8, 4) is 5.75 Å². The van der Waals surface area contributed by atoms with E-state index in [4.69, 9.17) is 4.74 Å². The fraction of sp³-hybridized carbons (Fsp3) is 0.333. The van der Waals surface area contributed by atoms with Crippen molar-refractivity contribution in [3.05, 3.63) is 106 Å². The number of ether oxygens (including phenoxy) is 1. The lowest BCUT2D eigenvalue weighted by Gasteiger charge is -2.20. The Bertz CT molecular complexity index is 1170. The fourth-order valence-electron chi connectivity index (χ4n) is 4.04. The first kappa shape index (κ1) is 29.3. The maximum atomic E-state index is 13.0. The summed E-state index contributed by atoms with van der Waals surface area (Å²) in [5, 5.41) is 16.6. The Labute approximate surface area is 229 Å². The zero-order chi connectivity index (χ0) is 27.9. The average molecular weight is 533 g/mol. The second kappa shape index (κ2) is 15.9. The number of rotatable bonds is 16. The van der Waals surface area contributed by atoms with Crippen molar-refractivity contribution in [2.45, 2.75) is 38.3 Å². The third-order valence-electron chi connectivity index (χ3n) is 6.25. The van der Waals surface area contributed by atoms with E-state index in [0.717, 1.165) is 37.9 Å². The molecular weight excluding hydrogens is 496 g/mol. The molecule has 0 spiro atoms. The lowest BCUT2D eigenvalue weighted by atomic mass is 10.1. The van der Waals surface area contributed by atoms with E-state index in [1.165, 1.54) is 12.1 Å². The number of benzene rings is 3. The summed E-state index contributed by atoms with van der Waals surface area (Å²) < 4.78 is 5.67. The van der Waals surface area contributed by atoms with Gasteiger partial charge in [-0.1, -0.05) is 48.5 Å². The number of hydrogen-bond acceptors (Lipinski definition) is 6. The van der Waals surface area contributed by atoms with Crippen LogP contribution in [-0.2, 0) is 11.3 Å². The summed E-state index contributed by atoms with van der Waals surface area (Å²) in [6, 6.07) is 24.0. The van der Waals surface area contributed by atoms with Crippen molar-refractivity contribution < 1.29 is 19.2 Å². The summed E-state index contributed by atoms with van der Waals surface area (Å²) in [5.41, 5.74) is 1.56. The molecule has 0 aliphatic carbocycles. The van der Waals surface area contributed by atoms with Gasteiger partial charge < -0.3 is 20.3 Å². The number of carbonyl (C=O) groups excluding carboxylic acids is 2. The molecule has 39 heavy (non-hydrogen) atoms. The summed E-state index contributed by atoms with van der Waals surface area (Å²) >= 11 is 0. The number of nitrogens with zero attached hydrogens (tertiary/aromatic N) is 2. The Morgan fingerprint density at radius 1 is 0.897 bits per heavy atom. The zero-order valence-electron chi connectivity index (χ0n) is 22.3. The molecule has 0 radical (unpaired) electrons. The standard InChI is InChI=1S/C30H36N4O5/c1-33(21-10-22-39-27-18-16-26(17-19-27)34(37)38)20-9-8-15-28(32-29(35)25-13-6-3-7-14-25)30(36)31-23-24-11-4-2-5-12-24/h2-7,11-14,16-19,28H,8-10,15,20-23H2,1H3,(H,31,36)(H,32,35)/t28-/m0/s1. The molecule has 0 aliphatic heterocycles. The van der Waals surface area contributed by atoms with Gasteiger partial charge in [-0.3, -0.25) is 19.7 Å². The lowest BCUT2D eigenvalue weighted by molar-refractivity contribution is -0.384. The fourth-order valence-corrected chi connectivity index (χ4v) is 4.04. The predicted octanol–water partition coefficient (Wildman–Crippen LogP) is 4.58. The van der Waals surface area contributed by atoms with Crippen molar-refractivity contribution in [2.24, 2.45) is 0 Å². The number of unbranched alkanes of at least 4 members (excludes halogenated alkanes) is 1. The van der Waals surface area contributed by atoms with Crippen molar-refractivity contribution in [1.29, 1.82) is 0 Å². The van der Waals surface area contributed by atoms with Gasteiger partial charge in [-0.15, -0.1) is 0 Å². The second-order valence-electron chi connectivity index (χ2n) is 9.35. The van der Waals surface area contributed by atoms with Gasteiger partial charge in [0, 0.05) is 30.8 Å². The monoisotopic (exact) mass is 532 g/mol. The molecule has 2 N–H and O–H groups in total. The van der Waals surface area contributed by atoms with Gasteiger partial charge in [-0.05, 0) is 69.1 Å². The van der Waals surface area contributed by atoms with Crippen molar-refractivity contribution in [3.63, 3.8) is 0 Å². The first-order valence-electron chi connectivity index (χ1n) is 13.2. The number of amides is 2. The minimum Gasteiger partial charge on any atom is -0.494 e. The van der Waals surface area contributed by atoms with Crippen LogP contribution in [0.15, 0.2) is 84.9 Å². The van der Waals surface area contributed by atoms with Crippen LogP contribution in [-0.4, -0.2) is 54.4 Å². The predicted molar refractivity (Wildman–Crippen MR) is 151 cm³/mol. The average Bonchev–Trinajstić information content (AvgIpc) is 2.96. The van der Waals surface area contributed by atoms with E-state index in [1.54, 1.807) is 36.4 Å². The molecular formula is C30H36N4O5. The van der Waals surface area contributed by atoms with Gasteiger partial charge in [0.2, 0.25) is 5.91 Å². The highest BCUT2D eigenvalue weighted by Crippen LogP contribution is 2.17. The van der Waals surface area contributed by atoms with Crippen LogP contribution in [0.4, 0.5) is 5.69 Å². The van der Waals surface area contributed by atoms with E-state index in [2.05, 4.69) is 15.5 Å². The lowest BCUT2D eigenvalue weighted by Crippen LogP contribution is -2.46. The summed E-state index contributed by atoms with van der Waals surface area (Å²) in [5.74, 6) is 0.151. The molecule has 0 unspecified atom stereocenters. The van der Waals surface area contributed by atoms with Crippen LogP contribution in [0.5, 0.6) is 5.75 Å². The molecule has 9 nitrogen and oxygen atoms in total. The van der Waals surface area contributed by atoms with Crippen LogP contribution < -0.4 is 15.4 Å². The third-order valence-corrected chi connectivity index (χ3v) is 6.25. The minimum atomic E-state index is -0.623. The molecule has 206 valence electrons. The largest absolute Gasteiger partial charge is 0.494 e. The molecule has 2 amide bonds. The number of nitrogens with one attached hydrogen (secondary N) is 2. The van der Waals surface area contributed by atoms with Crippen LogP contribution >= 0.6 is 0 Å². The Morgan fingerprint density at radius 2 is 1.54 bits per heavy atom. The van der Waals surface area contributed by atoms with E-state index in [1.807, 2.05) is 43.4 Å². The maximum Gasteiger partial charge on any atom is 0.269 e. The maximum absolute atomic E-state index is 13.0. The molecule has 0 fully saturated rings. The molecule has 3 rings (SSSR count). The van der Waals surface area contributed by atoms with Crippen LogP contribution in [0.2, 0.25) is 0 Å². The number of nitro benzene ring substituents is 1. The summed E-state index contributed by atoms with van der Waals surface area (Å²) in [4.78, 5) is 38.2. The van der Waals surface area contributed by atoms with Crippen LogP contribution in [0.3, 0.4) is 0 Å². The van der Waals surface area contributed by atoms with Crippen LogP contribution in [0, 0.1) is 10.1 Å². The van der Waals surface area contributed by atoms with Crippen molar-refractivity contribution in [1.82, 2.24) is 15.5 Å². The molecule has 0 bridgehead atoms. The van der Waals surface area contributed by atoms with Gasteiger partial charge in [0.15, 0.2) is 0 Å². The number of nitro groups is 1.